The van der Waals surface area contributed by atoms with Crippen LogP contribution in [0.15, 0.2) is 60.4 Å². The van der Waals surface area contributed by atoms with Crippen molar-refractivity contribution in [2.24, 2.45) is 5.73 Å². The van der Waals surface area contributed by atoms with Gasteiger partial charge in [0, 0.05) is 36.3 Å². The van der Waals surface area contributed by atoms with Gasteiger partial charge in [-0.3, -0.25) is 20.2 Å². The van der Waals surface area contributed by atoms with Gasteiger partial charge in [0.15, 0.2) is 6.29 Å². The van der Waals surface area contributed by atoms with E-state index < -0.39 is 101 Å². The fourth-order valence-electron chi connectivity index (χ4n) is 6.44. The molecule has 0 aromatic heterocycles. The standard InChI is InChI=1S/C40H57N7O17/c1-22(42-5)31(49)36(58-17-16-48)62-33-28(41)18-30(45-39(53)64-40(2,3)4)34(32(33)50)63-35-29(44-38(52)60-21-24-8-12-26(13-9-24)47(56)57)15-14-27(61-35)19-43-37(51)59-20-23-6-10-25(11-7-23)46(54)55/h6-14,22,28-36,42,48-50H,15-21,41H2,1-5H3,(H,43,51)(H,44,52)(H,45,53)/t22-,28+,29+,30-,31+,32+,33-,34+,35+,36+/m0/s1. The van der Waals surface area contributed by atoms with Crippen molar-refractivity contribution in [2.75, 3.05) is 26.8 Å². The molecule has 0 radical (unpaired) electrons. The van der Waals surface area contributed by atoms with Crippen LogP contribution >= 0.6 is 0 Å². The zero-order valence-electron chi connectivity index (χ0n) is 35.9. The number of ether oxygens (including phenoxy) is 7. The molecule has 9 N–H and O–H groups in total. The third kappa shape index (κ3) is 15.5. The number of hydrogen-bond donors (Lipinski definition) is 8. The van der Waals surface area contributed by atoms with Crippen LogP contribution in [-0.4, -0.2) is 137 Å². The zero-order chi connectivity index (χ0) is 47.1. The van der Waals surface area contributed by atoms with Crippen LogP contribution < -0.4 is 27.0 Å². The van der Waals surface area contributed by atoms with E-state index in [1.807, 2.05) is 0 Å². The van der Waals surface area contributed by atoms with Crippen molar-refractivity contribution in [3.8, 4) is 0 Å². The SMILES string of the molecule is CN[C@@H](C)[C@@H](O)[C@H](OCCO)O[C@@H]1[C@@H](O)[C@H](O[C@H]2OC(CNC(=O)OCc3ccc([N+](=O)[O-])cc3)=CC[C@H]2NC(=O)OCc2ccc([N+](=O)[O-])cc2)[C@@H](NC(=O)OC(C)(C)C)C[C@H]1N. The number of nitro groups is 2. The molecule has 1 saturated carbocycles. The Labute approximate surface area is 368 Å². The molecule has 4 rings (SSSR count). The number of benzene rings is 2. The summed E-state index contributed by atoms with van der Waals surface area (Å²) in [5.74, 6) is 0.127. The third-order valence-corrected chi connectivity index (χ3v) is 9.86. The zero-order valence-corrected chi connectivity index (χ0v) is 35.9. The minimum atomic E-state index is -1.69. The molecule has 2 aromatic carbocycles. The van der Waals surface area contributed by atoms with Crippen LogP contribution in [0.3, 0.4) is 0 Å². The first-order chi connectivity index (χ1) is 30.3. The largest absolute Gasteiger partial charge is 0.465 e. The molecular weight excluding hydrogens is 850 g/mol. The summed E-state index contributed by atoms with van der Waals surface area (Å²) < 4.78 is 40.4. The predicted octanol–water partition coefficient (Wildman–Crippen LogP) is 1.71. The number of rotatable bonds is 20. The van der Waals surface area contributed by atoms with Gasteiger partial charge in [-0.1, -0.05) is 0 Å². The molecule has 0 bridgehead atoms. The lowest BCUT2D eigenvalue weighted by Crippen LogP contribution is -2.67. The van der Waals surface area contributed by atoms with Gasteiger partial charge in [0.1, 0.15) is 49.0 Å². The van der Waals surface area contributed by atoms with Gasteiger partial charge in [-0.25, -0.2) is 14.4 Å². The number of nitrogens with two attached hydrogens (primary N) is 1. The van der Waals surface area contributed by atoms with Crippen molar-refractivity contribution in [1.82, 2.24) is 21.3 Å². The number of nitrogens with zero attached hydrogens (tertiary/aromatic N) is 2. The Morgan fingerprint density at radius 2 is 1.47 bits per heavy atom. The molecule has 1 aliphatic carbocycles. The fraction of sp³-hybridized carbons (Fsp3) is 0.575. The van der Waals surface area contributed by atoms with Gasteiger partial charge in [0.25, 0.3) is 11.4 Å². The molecule has 0 spiro atoms. The summed E-state index contributed by atoms with van der Waals surface area (Å²) >= 11 is 0. The van der Waals surface area contributed by atoms with E-state index in [0.29, 0.717) is 11.1 Å². The molecule has 24 nitrogen and oxygen atoms in total. The average Bonchev–Trinajstić information content (AvgIpc) is 3.24. The lowest BCUT2D eigenvalue weighted by atomic mass is 9.83. The van der Waals surface area contributed by atoms with Crippen LogP contribution in [0.5, 0.6) is 0 Å². The average molecular weight is 908 g/mol. The number of nitro benzene ring substituents is 2. The second-order valence-corrected chi connectivity index (χ2v) is 15.9. The molecule has 2 aliphatic rings. The van der Waals surface area contributed by atoms with Gasteiger partial charge >= 0.3 is 18.3 Å². The Balaban J connectivity index is 1.58. The predicted molar refractivity (Wildman–Crippen MR) is 222 cm³/mol. The van der Waals surface area contributed by atoms with Gasteiger partial charge in [-0.05, 0) is 89.1 Å². The second-order valence-electron chi connectivity index (χ2n) is 15.9. The van der Waals surface area contributed by atoms with Crippen molar-refractivity contribution >= 4 is 29.7 Å². The molecule has 64 heavy (non-hydrogen) atoms. The van der Waals surface area contributed by atoms with E-state index in [1.165, 1.54) is 48.5 Å². The molecule has 3 amide bonds. The number of carbonyl (C=O) groups excluding carboxylic acids is 3. The van der Waals surface area contributed by atoms with Gasteiger partial charge in [0.05, 0.1) is 41.7 Å². The Kier molecular flexibility index (Phi) is 18.9. The van der Waals surface area contributed by atoms with Gasteiger partial charge < -0.3 is 75.5 Å². The molecule has 1 fully saturated rings. The van der Waals surface area contributed by atoms with Crippen molar-refractivity contribution in [3.05, 3.63) is 91.7 Å². The van der Waals surface area contributed by atoms with Crippen LogP contribution in [0, 0.1) is 20.2 Å². The number of aliphatic hydroxyl groups is 3. The summed E-state index contributed by atoms with van der Waals surface area (Å²) in [6.45, 7) is 5.20. The Bertz CT molecular complexity index is 1900. The summed E-state index contributed by atoms with van der Waals surface area (Å²) in [5.41, 5.74) is 6.26. The lowest BCUT2D eigenvalue weighted by molar-refractivity contribution is -0.385. The number of nitrogens with one attached hydrogen (secondary N) is 4. The summed E-state index contributed by atoms with van der Waals surface area (Å²) in [5, 5.41) is 65.3. The Hall–Kier alpha value is -5.73. The van der Waals surface area contributed by atoms with E-state index in [-0.39, 0.29) is 56.3 Å². The highest BCUT2D eigenvalue weighted by atomic mass is 16.7. The second kappa shape index (κ2) is 23.8. The summed E-state index contributed by atoms with van der Waals surface area (Å²) in [7, 11) is 1.60. The highest BCUT2D eigenvalue weighted by molar-refractivity contribution is 5.69. The quantitative estimate of drug-likeness (QED) is 0.0406. The van der Waals surface area contributed by atoms with E-state index in [4.69, 9.17) is 38.9 Å². The highest BCUT2D eigenvalue weighted by Crippen LogP contribution is 2.31. The summed E-state index contributed by atoms with van der Waals surface area (Å²) in [6.07, 6.45) is -9.90. The lowest BCUT2D eigenvalue weighted by Gasteiger charge is -2.46. The van der Waals surface area contributed by atoms with E-state index >= 15 is 0 Å². The van der Waals surface area contributed by atoms with E-state index in [1.54, 1.807) is 40.8 Å². The van der Waals surface area contributed by atoms with Crippen molar-refractivity contribution in [1.29, 1.82) is 0 Å². The van der Waals surface area contributed by atoms with Gasteiger partial charge in [0.2, 0.25) is 6.29 Å². The molecular formula is C40H57N7O17. The third-order valence-electron chi connectivity index (χ3n) is 9.86. The summed E-state index contributed by atoms with van der Waals surface area (Å²) in [6, 6.07) is 7.02. The number of aliphatic hydroxyl groups excluding tert-OH is 3. The molecule has 24 heteroatoms. The normalized spacial score (nSPS) is 23.5. The molecule has 10 atom stereocenters. The Morgan fingerprint density at radius 3 is 2.00 bits per heavy atom. The molecule has 1 aliphatic heterocycles. The first kappa shape index (κ1) is 50.9. The van der Waals surface area contributed by atoms with Crippen LogP contribution in [-0.2, 0) is 46.4 Å². The maximum absolute atomic E-state index is 13.2. The minimum absolute atomic E-state index is 0.00372. The molecule has 354 valence electrons. The van der Waals surface area contributed by atoms with E-state index in [0.717, 1.165) is 0 Å². The van der Waals surface area contributed by atoms with Crippen molar-refractivity contribution in [2.45, 2.75) is 121 Å². The molecule has 0 saturated heterocycles. The fourth-order valence-corrected chi connectivity index (χ4v) is 6.44. The maximum Gasteiger partial charge on any atom is 0.407 e. The van der Waals surface area contributed by atoms with Gasteiger partial charge in [-0.2, -0.15) is 0 Å². The van der Waals surface area contributed by atoms with Crippen LogP contribution in [0.1, 0.15) is 51.7 Å². The molecule has 2 aromatic rings. The highest BCUT2D eigenvalue weighted by Gasteiger charge is 2.49. The number of alkyl carbamates (subject to hydrolysis) is 3. The number of amides is 3. The number of hydrogen-bond acceptors (Lipinski definition) is 19. The van der Waals surface area contributed by atoms with Crippen LogP contribution in [0.2, 0.25) is 0 Å². The monoisotopic (exact) mass is 907 g/mol. The Morgan fingerprint density at radius 1 is 0.906 bits per heavy atom. The van der Waals surface area contributed by atoms with Crippen LogP contribution in [0.4, 0.5) is 25.8 Å². The number of carbonyl (C=O) groups is 3. The topological polar surface area (TPSA) is 337 Å². The van der Waals surface area contributed by atoms with Crippen molar-refractivity contribution < 1.29 is 72.7 Å². The first-order valence-corrected chi connectivity index (χ1v) is 20.3. The number of likely N-dealkylation sites (N-methyl/N-ethyl adjacent to an activating group) is 1. The van der Waals surface area contributed by atoms with Crippen molar-refractivity contribution in [3.63, 3.8) is 0 Å². The minimum Gasteiger partial charge on any atom is -0.465 e. The van der Waals surface area contributed by atoms with Crippen LogP contribution in [0.25, 0.3) is 0 Å². The van der Waals surface area contributed by atoms with Gasteiger partial charge in [-0.15, -0.1) is 0 Å². The molecule has 1 heterocycles. The van der Waals surface area contributed by atoms with E-state index in [9.17, 15) is 49.9 Å². The van der Waals surface area contributed by atoms with E-state index in [2.05, 4.69) is 21.3 Å². The first-order valence-electron chi connectivity index (χ1n) is 20.3. The smallest absolute Gasteiger partial charge is 0.407 e. The maximum atomic E-state index is 13.2. The number of non-ortho nitro benzene ring substituents is 2. The summed E-state index contributed by atoms with van der Waals surface area (Å²) in [4.78, 5) is 59.9. The molecule has 0 unspecified atom stereocenters.